The number of anilines is 2. The van der Waals surface area contributed by atoms with Crippen molar-refractivity contribution >= 4 is 48.1 Å². The molecule has 0 radical (unpaired) electrons. The molecule has 1 aromatic heterocycles. The highest BCUT2D eigenvalue weighted by molar-refractivity contribution is 5.94. The molecular formula is C12H19Cl2N5O2. The van der Waals surface area contributed by atoms with Gasteiger partial charge in [-0.15, -0.1) is 24.8 Å². The van der Waals surface area contributed by atoms with Gasteiger partial charge < -0.3 is 21.3 Å². The van der Waals surface area contributed by atoms with Crippen molar-refractivity contribution in [3.05, 3.63) is 18.3 Å². The number of halogens is 2. The first-order chi connectivity index (χ1) is 9.06. The maximum atomic E-state index is 11.4. The van der Waals surface area contributed by atoms with E-state index in [1.165, 1.54) is 0 Å². The van der Waals surface area contributed by atoms with Gasteiger partial charge in [0.25, 0.3) is 0 Å². The van der Waals surface area contributed by atoms with E-state index >= 15 is 0 Å². The van der Waals surface area contributed by atoms with E-state index in [2.05, 4.69) is 15.6 Å². The molecule has 1 aliphatic heterocycles. The summed E-state index contributed by atoms with van der Waals surface area (Å²) in [5.41, 5.74) is 6.05. The molecule has 7 nitrogen and oxygen atoms in total. The molecule has 118 valence electrons. The Labute approximate surface area is 135 Å². The van der Waals surface area contributed by atoms with Crippen LogP contribution in [-0.4, -0.2) is 42.5 Å². The second-order valence-corrected chi connectivity index (χ2v) is 4.45. The highest BCUT2D eigenvalue weighted by Crippen LogP contribution is 2.14. The molecule has 1 fully saturated rings. The number of carbonyl (C=O) groups excluding carboxylic acids is 2. The number of nitrogens with one attached hydrogen (secondary N) is 2. The van der Waals surface area contributed by atoms with Crippen LogP contribution in [0.1, 0.15) is 6.92 Å². The van der Waals surface area contributed by atoms with Crippen LogP contribution in [0.2, 0.25) is 0 Å². The van der Waals surface area contributed by atoms with Gasteiger partial charge in [-0.25, -0.2) is 4.98 Å². The molecule has 2 amide bonds. The van der Waals surface area contributed by atoms with Crippen LogP contribution in [0.5, 0.6) is 0 Å². The van der Waals surface area contributed by atoms with Gasteiger partial charge in [-0.05, 0) is 19.1 Å². The molecule has 2 rings (SSSR count). The molecule has 2 heterocycles. The van der Waals surface area contributed by atoms with E-state index in [-0.39, 0.29) is 36.6 Å². The number of nitrogens with zero attached hydrogens (tertiary/aromatic N) is 2. The highest BCUT2D eigenvalue weighted by Gasteiger charge is 2.17. The number of hydrogen-bond acceptors (Lipinski definition) is 5. The van der Waals surface area contributed by atoms with Crippen molar-refractivity contribution in [2.24, 2.45) is 5.73 Å². The van der Waals surface area contributed by atoms with Crippen LogP contribution in [0.4, 0.5) is 11.5 Å². The van der Waals surface area contributed by atoms with Crippen molar-refractivity contribution in [2.45, 2.75) is 13.0 Å². The lowest BCUT2D eigenvalue weighted by Crippen LogP contribution is -2.48. The summed E-state index contributed by atoms with van der Waals surface area (Å²) in [6, 6.07) is 2.95. The average molecular weight is 336 g/mol. The van der Waals surface area contributed by atoms with Crippen molar-refractivity contribution < 1.29 is 9.59 Å². The average Bonchev–Trinajstić information content (AvgIpc) is 2.39. The van der Waals surface area contributed by atoms with E-state index in [0.717, 1.165) is 6.54 Å². The molecular weight excluding hydrogens is 317 g/mol. The molecule has 4 N–H and O–H groups in total. The minimum atomic E-state index is -0.564. The Morgan fingerprint density at radius 2 is 2.19 bits per heavy atom. The second-order valence-electron chi connectivity index (χ2n) is 4.45. The fourth-order valence-corrected chi connectivity index (χ4v) is 1.74. The molecule has 21 heavy (non-hydrogen) atoms. The van der Waals surface area contributed by atoms with Gasteiger partial charge in [0.15, 0.2) is 0 Å². The quantitative estimate of drug-likeness (QED) is 0.729. The maximum absolute atomic E-state index is 11.4. The van der Waals surface area contributed by atoms with E-state index in [4.69, 9.17) is 5.73 Å². The summed E-state index contributed by atoms with van der Waals surface area (Å²) < 4.78 is 0. The summed E-state index contributed by atoms with van der Waals surface area (Å²) in [6.07, 6.45) is 1.56. The lowest BCUT2D eigenvalue weighted by Gasteiger charge is -2.27. The van der Waals surface area contributed by atoms with Gasteiger partial charge in [0.1, 0.15) is 5.82 Å². The Kier molecular flexibility index (Phi) is 8.01. The van der Waals surface area contributed by atoms with Gasteiger partial charge >= 0.3 is 0 Å². The lowest BCUT2D eigenvalue weighted by molar-refractivity contribution is -0.120. The summed E-state index contributed by atoms with van der Waals surface area (Å²) >= 11 is 0. The number of aromatic nitrogens is 1. The van der Waals surface area contributed by atoms with Crippen molar-refractivity contribution in [1.29, 1.82) is 0 Å². The third-order valence-corrected chi connectivity index (χ3v) is 2.79. The Balaban J connectivity index is 0.00000200. The van der Waals surface area contributed by atoms with E-state index in [1.807, 2.05) is 4.90 Å². The summed E-state index contributed by atoms with van der Waals surface area (Å²) in [5.74, 6) is 0.447. The molecule has 1 saturated heterocycles. The van der Waals surface area contributed by atoms with Crippen LogP contribution in [0, 0.1) is 0 Å². The molecule has 0 saturated carbocycles. The molecule has 0 aromatic carbocycles. The highest BCUT2D eigenvalue weighted by atomic mass is 35.5. The Morgan fingerprint density at radius 1 is 1.48 bits per heavy atom. The van der Waals surface area contributed by atoms with E-state index in [9.17, 15) is 9.59 Å². The van der Waals surface area contributed by atoms with Crippen LogP contribution in [-0.2, 0) is 9.59 Å². The number of carbonyl (C=O) groups is 2. The predicted molar refractivity (Wildman–Crippen MR) is 86.2 cm³/mol. The molecule has 0 unspecified atom stereocenters. The summed E-state index contributed by atoms with van der Waals surface area (Å²) in [5, 5.41) is 5.41. The van der Waals surface area contributed by atoms with Gasteiger partial charge in [0, 0.05) is 13.1 Å². The third-order valence-electron chi connectivity index (χ3n) is 2.79. The number of piperazine rings is 1. The molecule has 0 aliphatic carbocycles. The van der Waals surface area contributed by atoms with Gasteiger partial charge in [0.2, 0.25) is 11.8 Å². The standard InChI is InChI=1S/C12H17N5O2.2ClH/c1-8(13)12(19)16-9-2-3-10(15-6-9)17-5-4-14-11(18)7-17;;/h2-3,6,8H,4-5,7,13H2,1H3,(H,14,18)(H,16,19);2*1H/t8-;;/m1../s1. The lowest BCUT2D eigenvalue weighted by atomic mass is 10.3. The van der Waals surface area contributed by atoms with Crippen molar-refractivity contribution in [2.75, 3.05) is 29.9 Å². The molecule has 1 aliphatic rings. The van der Waals surface area contributed by atoms with Crippen molar-refractivity contribution in [1.82, 2.24) is 10.3 Å². The maximum Gasteiger partial charge on any atom is 0.241 e. The van der Waals surface area contributed by atoms with Crippen molar-refractivity contribution in [3.8, 4) is 0 Å². The monoisotopic (exact) mass is 335 g/mol. The fourth-order valence-electron chi connectivity index (χ4n) is 1.74. The molecule has 1 aromatic rings. The third kappa shape index (κ3) is 5.37. The summed E-state index contributed by atoms with van der Waals surface area (Å²) in [6.45, 7) is 3.26. The number of nitrogens with two attached hydrogens (primary N) is 1. The summed E-state index contributed by atoms with van der Waals surface area (Å²) in [4.78, 5) is 28.8. The van der Waals surface area contributed by atoms with Crippen LogP contribution in [0.3, 0.4) is 0 Å². The van der Waals surface area contributed by atoms with Crippen LogP contribution in [0.25, 0.3) is 0 Å². The van der Waals surface area contributed by atoms with E-state index < -0.39 is 6.04 Å². The first-order valence-electron chi connectivity index (χ1n) is 6.10. The van der Waals surface area contributed by atoms with Gasteiger partial charge in [-0.1, -0.05) is 0 Å². The Bertz CT molecular complexity index is 481. The Hall–Kier alpha value is -1.57. The fraction of sp³-hybridized carbons (Fsp3) is 0.417. The molecule has 1 atom stereocenters. The van der Waals surface area contributed by atoms with Crippen LogP contribution >= 0.6 is 24.8 Å². The van der Waals surface area contributed by atoms with E-state index in [1.54, 1.807) is 25.3 Å². The normalized spacial score (nSPS) is 15.1. The van der Waals surface area contributed by atoms with Gasteiger partial charge in [0.05, 0.1) is 24.5 Å². The number of pyridine rings is 1. The first kappa shape index (κ1) is 19.4. The SMILES string of the molecule is C[C@@H](N)C(=O)Nc1ccc(N2CCNC(=O)C2)nc1.Cl.Cl. The van der Waals surface area contributed by atoms with Gasteiger partial charge in [-0.3, -0.25) is 9.59 Å². The first-order valence-corrected chi connectivity index (χ1v) is 6.10. The zero-order chi connectivity index (χ0) is 13.8. The zero-order valence-electron chi connectivity index (χ0n) is 11.5. The zero-order valence-corrected chi connectivity index (χ0v) is 13.2. The smallest absolute Gasteiger partial charge is 0.241 e. The predicted octanol–water partition coefficient (Wildman–Crippen LogP) is 0.147. The minimum Gasteiger partial charge on any atom is -0.353 e. The van der Waals surface area contributed by atoms with E-state index in [0.29, 0.717) is 24.6 Å². The largest absolute Gasteiger partial charge is 0.353 e. The van der Waals surface area contributed by atoms with Crippen molar-refractivity contribution in [3.63, 3.8) is 0 Å². The second kappa shape index (κ2) is 8.66. The number of amides is 2. The molecule has 9 heteroatoms. The minimum absolute atomic E-state index is 0. The summed E-state index contributed by atoms with van der Waals surface area (Å²) in [7, 11) is 0. The number of hydrogen-bond donors (Lipinski definition) is 3. The molecule has 0 bridgehead atoms. The molecule has 0 spiro atoms. The topological polar surface area (TPSA) is 100 Å². The van der Waals surface area contributed by atoms with Gasteiger partial charge in [-0.2, -0.15) is 0 Å². The number of rotatable bonds is 3. The van der Waals surface area contributed by atoms with Crippen LogP contribution < -0.4 is 21.3 Å². The van der Waals surface area contributed by atoms with Crippen LogP contribution in [0.15, 0.2) is 18.3 Å². The Morgan fingerprint density at radius 3 is 2.71 bits per heavy atom.